The lowest BCUT2D eigenvalue weighted by molar-refractivity contribution is -0.124. The van der Waals surface area contributed by atoms with Crippen LogP contribution in [0, 0.1) is 0 Å². The molecule has 0 atom stereocenters. The van der Waals surface area contributed by atoms with Crippen LogP contribution in [0.25, 0.3) is 0 Å². The minimum atomic E-state index is -0.602. The van der Waals surface area contributed by atoms with E-state index in [2.05, 4.69) is 9.99 Å². The molecular formula is C3H6N2O3. The summed E-state index contributed by atoms with van der Waals surface area (Å²) in [5.41, 5.74) is 1.90. The minimum Gasteiger partial charge on any atom is -0.411 e. The van der Waals surface area contributed by atoms with Gasteiger partial charge in [0.05, 0.1) is 7.11 Å². The van der Waals surface area contributed by atoms with E-state index in [0.717, 1.165) is 0 Å². The molecule has 0 radical (unpaired) electrons. The Morgan fingerprint density at radius 2 is 2.62 bits per heavy atom. The number of carbonyl (C=O) groups is 1. The zero-order valence-electron chi connectivity index (χ0n) is 4.29. The molecule has 5 nitrogen and oxygen atoms in total. The Hall–Kier alpha value is -1.10. The maximum absolute atomic E-state index is 10.1. The molecule has 0 aliphatic heterocycles. The third-order valence-corrected chi connectivity index (χ3v) is 0.378. The normalized spacial score (nSPS) is 9.62. The Morgan fingerprint density at radius 3 is 3.00 bits per heavy atom. The van der Waals surface area contributed by atoms with Crippen LogP contribution in [-0.2, 0) is 9.63 Å². The van der Waals surface area contributed by atoms with Crippen molar-refractivity contribution in [2.75, 3.05) is 7.11 Å². The maximum Gasteiger partial charge on any atom is 0.289 e. The molecule has 5 heteroatoms. The van der Waals surface area contributed by atoms with Gasteiger partial charge in [-0.2, -0.15) is 0 Å². The van der Waals surface area contributed by atoms with Crippen LogP contribution < -0.4 is 5.48 Å². The van der Waals surface area contributed by atoms with E-state index in [1.165, 1.54) is 7.11 Å². The van der Waals surface area contributed by atoms with Gasteiger partial charge in [0.2, 0.25) is 0 Å². The van der Waals surface area contributed by atoms with Gasteiger partial charge in [-0.15, -0.1) is 0 Å². The predicted molar refractivity (Wildman–Crippen MR) is 25.4 cm³/mol. The van der Waals surface area contributed by atoms with E-state index in [0.29, 0.717) is 6.21 Å². The van der Waals surface area contributed by atoms with Gasteiger partial charge in [0.25, 0.3) is 5.91 Å². The molecule has 0 aromatic carbocycles. The van der Waals surface area contributed by atoms with Gasteiger partial charge in [-0.1, -0.05) is 5.16 Å². The molecule has 0 unspecified atom stereocenters. The maximum atomic E-state index is 10.1. The third-order valence-electron chi connectivity index (χ3n) is 0.378. The number of rotatable bonds is 2. The Morgan fingerprint density at radius 1 is 2.00 bits per heavy atom. The molecule has 0 saturated carbocycles. The summed E-state index contributed by atoms with van der Waals surface area (Å²) in [6, 6.07) is 0. The van der Waals surface area contributed by atoms with Gasteiger partial charge in [-0.05, 0) is 0 Å². The van der Waals surface area contributed by atoms with E-state index in [1.807, 2.05) is 5.48 Å². The van der Waals surface area contributed by atoms with Gasteiger partial charge in [0.1, 0.15) is 6.21 Å². The summed E-state index contributed by atoms with van der Waals surface area (Å²) < 4.78 is 0. The first-order valence-electron chi connectivity index (χ1n) is 1.81. The van der Waals surface area contributed by atoms with Gasteiger partial charge < -0.3 is 5.21 Å². The number of hydroxylamine groups is 1. The lowest BCUT2D eigenvalue weighted by Gasteiger charge is -1.91. The van der Waals surface area contributed by atoms with E-state index >= 15 is 0 Å². The van der Waals surface area contributed by atoms with Crippen LogP contribution in [0.15, 0.2) is 5.16 Å². The highest BCUT2D eigenvalue weighted by atomic mass is 16.6. The van der Waals surface area contributed by atoms with Crippen molar-refractivity contribution in [1.82, 2.24) is 5.48 Å². The molecule has 0 spiro atoms. The lowest BCUT2D eigenvalue weighted by Crippen LogP contribution is -2.22. The quantitative estimate of drug-likeness (QED) is 0.281. The molecule has 8 heavy (non-hydrogen) atoms. The fourth-order valence-corrected chi connectivity index (χ4v) is 0.179. The van der Waals surface area contributed by atoms with Crippen molar-refractivity contribution in [2.24, 2.45) is 5.16 Å². The molecule has 0 aromatic rings. The largest absolute Gasteiger partial charge is 0.411 e. The molecular weight excluding hydrogens is 112 g/mol. The van der Waals surface area contributed by atoms with Crippen LogP contribution in [0.1, 0.15) is 0 Å². The molecule has 0 aliphatic rings. The number of nitrogens with one attached hydrogen (secondary N) is 1. The Kier molecular flexibility index (Phi) is 3.51. The minimum absolute atomic E-state index is 0.602. The number of hydrogen-bond donors (Lipinski definition) is 2. The number of amides is 1. The second kappa shape index (κ2) is 4.07. The fraction of sp³-hybridized carbons (Fsp3) is 0.333. The molecule has 0 bridgehead atoms. The fourth-order valence-electron chi connectivity index (χ4n) is 0.179. The van der Waals surface area contributed by atoms with Crippen LogP contribution in [0.2, 0.25) is 0 Å². The van der Waals surface area contributed by atoms with Crippen LogP contribution in [0.3, 0.4) is 0 Å². The highest BCUT2D eigenvalue weighted by Gasteiger charge is 1.89. The number of carbonyl (C=O) groups excluding carboxylic acids is 1. The summed E-state index contributed by atoms with van der Waals surface area (Å²) in [5, 5.41) is 10.2. The summed E-state index contributed by atoms with van der Waals surface area (Å²) in [7, 11) is 1.28. The summed E-state index contributed by atoms with van der Waals surface area (Å²) in [5.74, 6) is -0.602. The molecule has 1 amide bonds. The molecule has 0 heterocycles. The van der Waals surface area contributed by atoms with Crippen molar-refractivity contribution in [1.29, 1.82) is 0 Å². The van der Waals surface area contributed by atoms with Crippen molar-refractivity contribution in [3.05, 3.63) is 0 Å². The number of oxime groups is 1. The zero-order valence-corrected chi connectivity index (χ0v) is 4.29. The zero-order chi connectivity index (χ0) is 6.41. The smallest absolute Gasteiger partial charge is 0.289 e. The van der Waals surface area contributed by atoms with Crippen LogP contribution in [0.4, 0.5) is 0 Å². The molecule has 0 rings (SSSR count). The topological polar surface area (TPSA) is 70.9 Å². The van der Waals surface area contributed by atoms with Crippen molar-refractivity contribution in [3.63, 3.8) is 0 Å². The van der Waals surface area contributed by atoms with Gasteiger partial charge >= 0.3 is 0 Å². The van der Waals surface area contributed by atoms with Crippen LogP contribution in [-0.4, -0.2) is 24.4 Å². The summed E-state index contributed by atoms with van der Waals surface area (Å²) in [4.78, 5) is 14.3. The van der Waals surface area contributed by atoms with Crippen LogP contribution >= 0.6 is 0 Å². The molecule has 2 N–H and O–H groups in total. The highest BCUT2D eigenvalue weighted by molar-refractivity contribution is 6.25. The highest BCUT2D eigenvalue weighted by Crippen LogP contribution is 1.57. The Labute approximate surface area is 45.9 Å². The Balaban J connectivity index is 3.33. The number of nitrogens with zero attached hydrogens (tertiary/aromatic N) is 1. The van der Waals surface area contributed by atoms with Gasteiger partial charge in [-0.25, -0.2) is 5.48 Å². The monoisotopic (exact) mass is 118 g/mol. The first-order chi connectivity index (χ1) is 3.81. The van der Waals surface area contributed by atoms with Crippen molar-refractivity contribution < 1.29 is 14.8 Å². The SMILES string of the molecule is CONC(=O)/C=N/O. The third kappa shape index (κ3) is 3.10. The summed E-state index contributed by atoms with van der Waals surface area (Å²) >= 11 is 0. The van der Waals surface area contributed by atoms with E-state index in [9.17, 15) is 4.79 Å². The van der Waals surface area contributed by atoms with E-state index in [-0.39, 0.29) is 0 Å². The number of hydrogen-bond acceptors (Lipinski definition) is 4. The van der Waals surface area contributed by atoms with E-state index in [1.54, 1.807) is 0 Å². The van der Waals surface area contributed by atoms with Gasteiger partial charge in [0, 0.05) is 0 Å². The van der Waals surface area contributed by atoms with Gasteiger partial charge in [0.15, 0.2) is 0 Å². The average Bonchev–Trinajstić information content (AvgIpc) is 1.68. The first kappa shape index (κ1) is 6.90. The molecule has 0 aliphatic carbocycles. The van der Waals surface area contributed by atoms with Crippen molar-refractivity contribution in [2.45, 2.75) is 0 Å². The molecule has 0 fully saturated rings. The standard InChI is InChI=1S/C3H6N2O3/c1-8-5-3(6)2-4-7/h2,7H,1H3,(H,5,6)/b4-2+. The average molecular weight is 118 g/mol. The summed E-state index contributed by atoms with van der Waals surface area (Å²) in [6.45, 7) is 0. The molecule has 46 valence electrons. The second-order valence-corrected chi connectivity index (χ2v) is 0.915. The molecule has 0 aromatic heterocycles. The van der Waals surface area contributed by atoms with E-state index in [4.69, 9.17) is 5.21 Å². The predicted octanol–water partition coefficient (Wildman–Crippen LogP) is -0.876. The lowest BCUT2D eigenvalue weighted by atomic mass is 10.7. The van der Waals surface area contributed by atoms with Crippen LogP contribution in [0.5, 0.6) is 0 Å². The van der Waals surface area contributed by atoms with Gasteiger partial charge in [-0.3, -0.25) is 9.63 Å². The summed E-state index contributed by atoms with van der Waals surface area (Å²) in [6.07, 6.45) is 0.684. The second-order valence-electron chi connectivity index (χ2n) is 0.915. The van der Waals surface area contributed by atoms with Crippen molar-refractivity contribution >= 4 is 12.1 Å². The van der Waals surface area contributed by atoms with E-state index < -0.39 is 5.91 Å². The first-order valence-corrected chi connectivity index (χ1v) is 1.81. The molecule has 0 saturated heterocycles. The van der Waals surface area contributed by atoms with Crippen molar-refractivity contribution in [3.8, 4) is 0 Å². The Bertz CT molecular complexity index is 101.